The summed E-state index contributed by atoms with van der Waals surface area (Å²) in [5, 5.41) is 11.5. The number of aliphatic hydroxyl groups excluding tert-OH is 1. The number of hydrogen-bond acceptors (Lipinski definition) is 5. The molecule has 1 saturated heterocycles. The molecule has 0 aliphatic carbocycles. The van der Waals surface area contributed by atoms with Crippen LogP contribution in [0.2, 0.25) is 0 Å². The first kappa shape index (κ1) is 14.2. The highest BCUT2D eigenvalue weighted by Gasteiger charge is 2.38. The Morgan fingerprint density at radius 1 is 1.41 bits per heavy atom. The average Bonchev–Trinajstić information content (AvgIpc) is 2.36. The molecule has 0 spiro atoms. The van der Waals surface area contributed by atoms with Crippen LogP contribution in [0.3, 0.4) is 0 Å². The Labute approximate surface area is 101 Å². The van der Waals surface area contributed by atoms with Crippen LogP contribution in [0.15, 0.2) is 0 Å². The van der Waals surface area contributed by atoms with Gasteiger partial charge in [0.15, 0.2) is 9.84 Å². The molecule has 1 rings (SSSR count). The number of hydrogen-bond donors (Lipinski definition) is 2. The quantitative estimate of drug-likeness (QED) is 0.728. The van der Waals surface area contributed by atoms with Crippen LogP contribution in [0.1, 0.15) is 20.8 Å². The van der Waals surface area contributed by atoms with Crippen LogP contribution in [0.5, 0.6) is 0 Å². The maximum absolute atomic E-state index is 11.5. The Balaban J connectivity index is 2.60. The number of amides is 1. The second kappa shape index (κ2) is 4.81. The predicted molar refractivity (Wildman–Crippen MR) is 62.4 cm³/mol. The Kier molecular flexibility index (Phi) is 4.03. The molecule has 0 saturated carbocycles. The first-order valence-corrected chi connectivity index (χ1v) is 7.26. The number of alkyl carbamates (subject to hydrolysis) is 1. The minimum atomic E-state index is -3.18. The van der Waals surface area contributed by atoms with Gasteiger partial charge in [-0.05, 0) is 20.8 Å². The average molecular weight is 265 g/mol. The summed E-state index contributed by atoms with van der Waals surface area (Å²) in [5.74, 6) is -0.686. The summed E-state index contributed by atoms with van der Waals surface area (Å²) in [5.41, 5.74) is -0.629. The lowest BCUT2D eigenvalue weighted by molar-refractivity contribution is 0.0489. The van der Waals surface area contributed by atoms with E-state index in [-0.39, 0.29) is 18.1 Å². The van der Waals surface area contributed by atoms with Gasteiger partial charge in [0.1, 0.15) is 5.60 Å². The summed E-state index contributed by atoms with van der Waals surface area (Å²) in [6.07, 6.45) is -0.655. The number of aliphatic hydroxyl groups is 1. The van der Waals surface area contributed by atoms with Crippen LogP contribution in [0.25, 0.3) is 0 Å². The van der Waals surface area contributed by atoms with E-state index in [1.165, 1.54) is 0 Å². The van der Waals surface area contributed by atoms with Gasteiger partial charge in [0.25, 0.3) is 0 Å². The van der Waals surface area contributed by atoms with Gasteiger partial charge >= 0.3 is 6.09 Å². The molecule has 0 aromatic carbocycles. The number of carbonyl (C=O) groups excluding carboxylic acids is 1. The third-order valence-electron chi connectivity index (χ3n) is 2.41. The topological polar surface area (TPSA) is 92.7 Å². The van der Waals surface area contributed by atoms with E-state index >= 15 is 0 Å². The van der Waals surface area contributed by atoms with E-state index in [2.05, 4.69) is 5.32 Å². The maximum Gasteiger partial charge on any atom is 0.407 e. The molecule has 7 heteroatoms. The molecule has 1 fully saturated rings. The molecule has 0 aromatic heterocycles. The predicted octanol–water partition coefficient (Wildman–Crippen LogP) is -0.0834. The number of carbonyl (C=O) groups is 1. The van der Waals surface area contributed by atoms with Crippen molar-refractivity contribution in [2.75, 3.05) is 18.1 Å². The second-order valence-electron chi connectivity index (χ2n) is 5.27. The Bertz CT molecular complexity index is 384. The van der Waals surface area contributed by atoms with Crippen molar-refractivity contribution in [3.8, 4) is 0 Å². The van der Waals surface area contributed by atoms with Crippen molar-refractivity contribution >= 4 is 15.9 Å². The lowest BCUT2D eigenvalue weighted by Crippen LogP contribution is -2.43. The highest BCUT2D eigenvalue weighted by molar-refractivity contribution is 7.91. The smallest absolute Gasteiger partial charge is 0.407 e. The van der Waals surface area contributed by atoms with E-state index in [0.29, 0.717) is 0 Å². The third-order valence-corrected chi connectivity index (χ3v) is 4.21. The highest BCUT2D eigenvalue weighted by Crippen LogP contribution is 2.19. The minimum Gasteiger partial charge on any atom is -0.444 e. The molecule has 0 radical (unpaired) electrons. The molecular weight excluding hydrogens is 246 g/mol. The summed E-state index contributed by atoms with van der Waals surface area (Å²) >= 11 is 0. The third kappa shape index (κ3) is 4.51. The van der Waals surface area contributed by atoms with E-state index in [9.17, 15) is 13.2 Å². The van der Waals surface area contributed by atoms with Gasteiger partial charge in [-0.1, -0.05) is 0 Å². The molecule has 2 atom stereocenters. The summed E-state index contributed by atoms with van der Waals surface area (Å²) in [7, 11) is -3.18. The molecule has 17 heavy (non-hydrogen) atoms. The monoisotopic (exact) mass is 265 g/mol. The number of rotatable bonds is 2. The van der Waals surface area contributed by atoms with Gasteiger partial charge in [0.05, 0.1) is 17.5 Å². The van der Waals surface area contributed by atoms with E-state index < -0.39 is 33.5 Å². The van der Waals surface area contributed by atoms with Crippen LogP contribution < -0.4 is 5.32 Å². The number of ether oxygens (including phenoxy) is 1. The maximum atomic E-state index is 11.5. The molecule has 1 aliphatic rings. The van der Waals surface area contributed by atoms with E-state index in [4.69, 9.17) is 9.84 Å². The fourth-order valence-electron chi connectivity index (χ4n) is 1.72. The van der Waals surface area contributed by atoms with Crippen molar-refractivity contribution in [3.63, 3.8) is 0 Å². The Hall–Kier alpha value is -0.820. The molecule has 1 aliphatic heterocycles. The van der Waals surface area contributed by atoms with Crippen LogP contribution in [0.4, 0.5) is 4.79 Å². The second-order valence-corrected chi connectivity index (χ2v) is 7.43. The zero-order valence-electron chi connectivity index (χ0n) is 10.3. The standard InChI is InChI=1S/C10H19NO5S/c1-10(2,3)16-9(13)11-8-6-17(14,15)5-7(8)4-12/h7-8,12H,4-6H2,1-3H3,(H,11,13)/t7-,8+/m0/s1. The molecule has 0 bridgehead atoms. The molecule has 0 unspecified atom stereocenters. The lowest BCUT2D eigenvalue weighted by atomic mass is 10.1. The van der Waals surface area contributed by atoms with E-state index in [1.54, 1.807) is 20.8 Å². The van der Waals surface area contributed by atoms with E-state index in [1.807, 2.05) is 0 Å². The molecule has 1 heterocycles. The summed E-state index contributed by atoms with van der Waals surface area (Å²) in [6, 6.07) is -0.570. The minimum absolute atomic E-state index is 0.0933. The van der Waals surface area contributed by atoms with Crippen molar-refractivity contribution in [1.82, 2.24) is 5.32 Å². The number of nitrogens with one attached hydrogen (secondary N) is 1. The Morgan fingerprint density at radius 2 is 2.00 bits per heavy atom. The molecular formula is C10H19NO5S. The van der Waals surface area contributed by atoms with Crippen molar-refractivity contribution in [2.45, 2.75) is 32.4 Å². The first-order chi connectivity index (χ1) is 7.63. The van der Waals surface area contributed by atoms with Crippen LogP contribution in [0, 0.1) is 5.92 Å². The SMILES string of the molecule is CC(C)(C)OC(=O)N[C@@H]1CS(=O)(=O)C[C@@H]1CO. The molecule has 1 amide bonds. The van der Waals surface area contributed by atoms with Crippen molar-refractivity contribution in [1.29, 1.82) is 0 Å². The van der Waals surface area contributed by atoms with Gasteiger partial charge < -0.3 is 15.2 Å². The first-order valence-electron chi connectivity index (χ1n) is 5.44. The van der Waals surface area contributed by atoms with Gasteiger partial charge in [-0.3, -0.25) is 0 Å². The lowest BCUT2D eigenvalue weighted by Gasteiger charge is -2.23. The van der Waals surface area contributed by atoms with Gasteiger partial charge in [-0.15, -0.1) is 0 Å². The van der Waals surface area contributed by atoms with Crippen molar-refractivity contribution < 1.29 is 23.1 Å². The van der Waals surface area contributed by atoms with Crippen molar-refractivity contribution in [2.24, 2.45) is 5.92 Å². The zero-order valence-corrected chi connectivity index (χ0v) is 11.1. The largest absolute Gasteiger partial charge is 0.444 e. The van der Waals surface area contributed by atoms with E-state index in [0.717, 1.165) is 0 Å². The summed E-state index contributed by atoms with van der Waals surface area (Å²) in [4.78, 5) is 11.5. The van der Waals surface area contributed by atoms with Gasteiger partial charge in [-0.25, -0.2) is 13.2 Å². The Morgan fingerprint density at radius 3 is 2.47 bits per heavy atom. The van der Waals surface area contributed by atoms with Gasteiger partial charge in [0, 0.05) is 12.5 Å². The molecule has 0 aromatic rings. The van der Waals surface area contributed by atoms with Crippen LogP contribution in [-0.2, 0) is 14.6 Å². The van der Waals surface area contributed by atoms with Crippen LogP contribution >= 0.6 is 0 Å². The normalized spacial score (nSPS) is 27.8. The fourth-order valence-corrected chi connectivity index (χ4v) is 3.75. The van der Waals surface area contributed by atoms with Gasteiger partial charge in [-0.2, -0.15) is 0 Å². The summed E-state index contributed by atoms with van der Waals surface area (Å²) < 4.78 is 27.8. The van der Waals surface area contributed by atoms with Crippen molar-refractivity contribution in [3.05, 3.63) is 0 Å². The van der Waals surface area contributed by atoms with Gasteiger partial charge in [0.2, 0.25) is 0 Å². The highest BCUT2D eigenvalue weighted by atomic mass is 32.2. The zero-order chi connectivity index (χ0) is 13.3. The molecule has 2 N–H and O–H groups in total. The summed E-state index contributed by atoms with van der Waals surface area (Å²) in [6.45, 7) is 4.91. The number of sulfone groups is 1. The molecule has 6 nitrogen and oxygen atoms in total. The fraction of sp³-hybridized carbons (Fsp3) is 0.900. The van der Waals surface area contributed by atoms with Crippen LogP contribution in [-0.4, -0.2) is 49.4 Å². The molecule has 100 valence electrons.